The summed E-state index contributed by atoms with van der Waals surface area (Å²) in [5.74, 6) is 1.99. The summed E-state index contributed by atoms with van der Waals surface area (Å²) in [5, 5.41) is 12.1. The third kappa shape index (κ3) is 3.42. The Hall–Kier alpha value is -2.47. The van der Waals surface area contributed by atoms with Gasteiger partial charge in [-0.15, -0.1) is 0 Å². The monoisotopic (exact) mass is 417 g/mol. The minimum Gasteiger partial charge on any atom is -0.504 e. The van der Waals surface area contributed by atoms with E-state index >= 15 is 0 Å². The maximum atomic E-state index is 10.5. The van der Waals surface area contributed by atoms with Crippen molar-refractivity contribution in [2.75, 3.05) is 20.8 Å². The lowest BCUT2D eigenvalue weighted by Crippen LogP contribution is -1.98. The van der Waals surface area contributed by atoms with Crippen molar-refractivity contribution in [1.82, 2.24) is 4.98 Å². The van der Waals surface area contributed by atoms with Gasteiger partial charge in [0.2, 0.25) is 0 Å². The second-order valence-electron chi connectivity index (χ2n) is 5.72. The number of halogens is 1. The molecule has 3 rings (SSSR count). The molecule has 0 radical (unpaired) electrons. The largest absolute Gasteiger partial charge is 0.504 e. The molecule has 0 aliphatic heterocycles. The Morgan fingerprint density at radius 2 is 1.81 bits per heavy atom. The van der Waals surface area contributed by atoms with Crippen molar-refractivity contribution in [2.24, 2.45) is 0 Å². The van der Waals surface area contributed by atoms with Gasteiger partial charge < -0.3 is 19.3 Å². The predicted molar refractivity (Wildman–Crippen MR) is 105 cm³/mol. The van der Waals surface area contributed by atoms with E-state index < -0.39 is 0 Å². The number of aromatic nitrogens is 1. The first-order chi connectivity index (χ1) is 12.6. The smallest absolute Gasteiger partial charge is 0.167 e. The van der Waals surface area contributed by atoms with Crippen molar-refractivity contribution in [3.8, 4) is 23.0 Å². The van der Waals surface area contributed by atoms with E-state index in [1.54, 1.807) is 32.7 Å². The van der Waals surface area contributed by atoms with Gasteiger partial charge in [-0.05, 0) is 51.5 Å². The first kappa shape index (κ1) is 18.3. The molecule has 2 aromatic carbocycles. The minimum atomic E-state index is 0.112. The van der Waals surface area contributed by atoms with E-state index in [9.17, 15) is 5.11 Å². The number of hydrogen-bond acceptors (Lipinski definition) is 5. The molecule has 0 amide bonds. The highest BCUT2D eigenvalue weighted by atomic mass is 79.9. The maximum absolute atomic E-state index is 10.5. The number of phenols is 1. The highest BCUT2D eigenvalue weighted by Crippen LogP contribution is 2.38. The summed E-state index contributed by atoms with van der Waals surface area (Å²) in [7, 11) is 3.25. The van der Waals surface area contributed by atoms with Crippen LogP contribution in [0.2, 0.25) is 0 Å². The summed E-state index contributed by atoms with van der Waals surface area (Å²) in [4.78, 5) is 4.29. The molecular formula is C20H20BrNO4. The molecule has 6 heteroatoms. The van der Waals surface area contributed by atoms with E-state index in [1.165, 1.54) is 0 Å². The third-order valence-corrected chi connectivity index (χ3v) is 5.08. The zero-order chi connectivity index (χ0) is 18.7. The minimum absolute atomic E-state index is 0.112. The number of aromatic hydroxyl groups is 1. The molecule has 0 fully saturated rings. The van der Waals surface area contributed by atoms with Gasteiger partial charge in [-0.2, -0.15) is 0 Å². The van der Waals surface area contributed by atoms with Crippen molar-refractivity contribution >= 4 is 26.7 Å². The number of fused-ring (bicyclic) bond motifs is 1. The van der Waals surface area contributed by atoms with E-state index in [4.69, 9.17) is 14.2 Å². The molecule has 1 aromatic heterocycles. The Morgan fingerprint density at radius 1 is 1.00 bits per heavy atom. The lowest BCUT2D eigenvalue weighted by molar-refractivity contribution is 0.320. The van der Waals surface area contributed by atoms with Crippen LogP contribution in [0.5, 0.6) is 23.0 Å². The summed E-state index contributed by atoms with van der Waals surface area (Å²) < 4.78 is 17.1. The second-order valence-corrected chi connectivity index (χ2v) is 6.51. The van der Waals surface area contributed by atoms with Gasteiger partial charge in [0, 0.05) is 30.3 Å². The molecule has 0 saturated carbocycles. The highest BCUT2D eigenvalue weighted by molar-refractivity contribution is 9.10. The van der Waals surface area contributed by atoms with Crippen LogP contribution in [0.25, 0.3) is 10.8 Å². The Labute approximate surface area is 160 Å². The highest BCUT2D eigenvalue weighted by Gasteiger charge is 2.14. The van der Waals surface area contributed by atoms with Crippen LogP contribution in [0, 0.1) is 0 Å². The Balaban J connectivity index is 2.09. The number of phenolic OH excluding ortho intramolecular Hbond substituents is 1. The molecular weight excluding hydrogens is 398 g/mol. The third-order valence-electron chi connectivity index (χ3n) is 4.18. The van der Waals surface area contributed by atoms with E-state index in [0.717, 1.165) is 26.7 Å². The first-order valence-electron chi connectivity index (χ1n) is 8.20. The molecule has 0 bridgehead atoms. The van der Waals surface area contributed by atoms with Gasteiger partial charge in [-0.3, -0.25) is 4.98 Å². The van der Waals surface area contributed by atoms with Crippen LogP contribution >= 0.6 is 15.9 Å². The van der Waals surface area contributed by atoms with E-state index in [1.807, 2.05) is 25.1 Å². The molecule has 3 aromatic rings. The van der Waals surface area contributed by atoms with Gasteiger partial charge in [0.25, 0.3) is 0 Å². The standard InChI is InChI=1S/C20H20BrNO4/c1-4-26-17-6-5-15-13(10-22-11-16(15)20(17)23)7-12-8-14(24-2)9-18(25-3)19(12)21/h5-6,8-11,23H,4,7H2,1-3H3. The number of ether oxygens (including phenoxy) is 3. The molecule has 5 nitrogen and oxygen atoms in total. The average molecular weight is 418 g/mol. The van der Waals surface area contributed by atoms with Crippen molar-refractivity contribution < 1.29 is 19.3 Å². The number of nitrogens with zero attached hydrogens (tertiary/aromatic N) is 1. The lowest BCUT2D eigenvalue weighted by atomic mass is 10.00. The van der Waals surface area contributed by atoms with Crippen molar-refractivity contribution in [3.63, 3.8) is 0 Å². The topological polar surface area (TPSA) is 60.8 Å². The van der Waals surface area contributed by atoms with Crippen LogP contribution < -0.4 is 14.2 Å². The van der Waals surface area contributed by atoms with Crippen LogP contribution in [-0.2, 0) is 6.42 Å². The molecule has 136 valence electrons. The van der Waals surface area contributed by atoms with Crippen LogP contribution in [0.15, 0.2) is 41.1 Å². The van der Waals surface area contributed by atoms with E-state index in [-0.39, 0.29) is 5.75 Å². The van der Waals surface area contributed by atoms with Crippen LogP contribution in [0.4, 0.5) is 0 Å². The Bertz CT molecular complexity index is 943. The van der Waals surface area contributed by atoms with E-state index in [0.29, 0.717) is 29.9 Å². The fourth-order valence-corrected chi connectivity index (χ4v) is 3.44. The summed E-state index contributed by atoms with van der Waals surface area (Å²) in [6.07, 6.45) is 4.06. The first-order valence-corrected chi connectivity index (χ1v) is 9.00. The summed E-state index contributed by atoms with van der Waals surface area (Å²) in [6, 6.07) is 7.52. The molecule has 26 heavy (non-hydrogen) atoms. The fraction of sp³-hybridized carbons (Fsp3) is 0.250. The summed E-state index contributed by atoms with van der Waals surface area (Å²) in [6.45, 7) is 2.37. The molecule has 0 aliphatic rings. The zero-order valence-electron chi connectivity index (χ0n) is 14.9. The molecule has 0 saturated heterocycles. The van der Waals surface area contributed by atoms with Crippen LogP contribution in [-0.4, -0.2) is 30.9 Å². The van der Waals surface area contributed by atoms with E-state index in [2.05, 4.69) is 20.9 Å². The normalized spacial score (nSPS) is 10.8. The maximum Gasteiger partial charge on any atom is 0.167 e. The fourth-order valence-electron chi connectivity index (χ4n) is 2.91. The van der Waals surface area contributed by atoms with Crippen molar-refractivity contribution in [2.45, 2.75) is 13.3 Å². The van der Waals surface area contributed by atoms with Gasteiger partial charge in [0.15, 0.2) is 11.5 Å². The SMILES string of the molecule is CCOc1ccc2c(Cc3cc(OC)cc(OC)c3Br)cncc2c1O. The lowest BCUT2D eigenvalue weighted by Gasteiger charge is -2.14. The number of hydrogen-bond donors (Lipinski definition) is 1. The number of methoxy groups -OCH3 is 2. The van der Waals surface area contributed by atoms with Crippen molar-refractivity contribution in [1.29, 1.82) is 0 Å². The van der Waals surface area contributed by atoms with Crippen LogP contribution in [0.1, 0.15) is 18.1 Å². The zero-order valence-corrected chi connectivity index (χ0v) is 16.5. The molecule has 1 heterocycles. The molecule has 0 aliphatic carbocycles. The van der Waals surface area contributed by atoms with Gasteiger partial charge in [-0.25, -0.2) is 0 Å². The molecule has 0 atom stereocenters. The molecule has 1 N–H and O–H groups in total. The number of rotatable bonds is 6. The Morgan fingerprint density at radius 3 is 2.50 bits per heavy atom. The van der Waals surface area contributed by atoms with Gasteiger partial charge in [-0.1, -0.05) is 6.07 Å². The Kier molecular flexibility index (Phi) is 5.52. The van der Waals surface area contributed by atoms with Gasteiger partial charge in [0.05, 0.1) is 25.3 Å². The van der Waals surface area contributed by atoms with Crippen LogP contribution in [0.3, 0.4) is 0 Å². The second kappa shape index (κ2) is 7.83. The average Bonchev–Trinajstić information content (AvgIpc) is 2.66. The number of benzene rings is 2. The molecule has 0 unspecified atom stereocenters. The van der Waals surface area contributed by atoms with Gasteiger partial charge >= 0.3 is 0 Å². The number of pyridine rings is 1. The van der Waals surface area contributed by atoms with Gasteiger partial charge in [0.1, 0.15) is 11.5 Å². The van der Waals surface area contributed by atoms with Crippen molar-refractivity contribution in [3.05, 3.63) is 52.3 Å². The predicted octanol–water partition coefficient (Wildman–Crippen LogP) is 4.71. The quantitative estimate of drug-likeness (QED) is 0.629. The molecule has 0 spiro atoms. The summed E-state index contributed by atoms with van der Waals surface area (Å²) in [5.41, 5.74) is 1.99. The summed E-state index contributed by atoms with van der Waals surface area (Å²) >= 11 is 3.60.